The molecule has 8 rings (SSSR count). The third-order valence-corrected chi connectivity index (χ3v) is 16.2. The Morgan fingerprint density at radius 3 is 2.59 bits per heavy atom. The molecule has 2 aromatic heterocycles. The molecule has 1 radical (unpaired) electrons. The zero-order chi connectivity index (χ0) is 47.2. The topological polar surface area (TPSA) is 155 Å². The van der Waals surface area contributed by atoms with Gasteiger partial charge in [-0.3, -0.25) is 34.0 Å². The van der Waals surface area contributed by atoms with Gasteiger partial charge in [0.25, 0.3) is 14.9 Å². The van der Waals surface area contributed by atoms with Gasteiger partial charge in [-0.15, -0.1) is 0 Å². The van der Waals surface area contributed by atoms with Crippen LogP contribution in [0.5, 0.6) is 0 Å². The summed E-state index contributed by atoms with van der Waals surface area (Å²) in [5, 5.41) is 2.56. The number of nitrogens with one attached hydrogen (secondary N) is 2. The number of nitrogens with zero attached hydrogens (tertiary/aromatic N) is 5. The van der Waals surface area contributed by atoms with E-state index in [1.54, 1.807) is 32.2 Å². The summed E-state index contributed by atoms with van der Waals surface area (Å²) in [6.45, 7) is 15.4. The number of ether oxygens (including phenoxy) is 2. The van der Waals surface area contributed by atoms with Crippen molar-refractivity contribution in [3.05, 3.63) is 77.6 Å². The molecule has 0 spiro atoms. The Hall–Kier alpha value is -5.82. The van der Waals surface area contributed by atoms with Gasteiger partial charge in [0.1, 0.15) is 18.2 Å². The van der Waals surface area contributed by atoms with Gasteiger partial charge in [0.15, 0.2) is 0 Å². The summed E-state index contributed by atoms with van der Waals surface area (Å²) in [6, 6.07) is 17.3. The van der Waals surface area contributed by atoms with Gasteiger partial charge in [0, 0.05) is 74.3 Å². The third kappa shape index (κ3) is 8.55. The van der Waals surface area contributed by atoms with Crippen molar-refractivity contribution >= 4 is 49.1 Å². The van der Waals surface area contributed by atoms with Gasteiger partial charge in [-0.2, -0.15) is 0 Å². The highest BCUT2D eigenvalue weighted by atomic mass is 28.3. The molecule has 2 aromatic carbocycles. The Kier molecular flexibility index (Phi) is 13.3. The lowest BCUT2D eigenvalue weighted by molar-refractivity contribution is -0.153. The summed E-state index contributed by atoms with van der Waals surface area (Å²) < 4.78 is 15.0. The van der Waals surface area contributed by atoms with Crippen molar-refractivity contribution in [2.24, 2.45) is 23.2 Å². The first-order valence-corrected chi connectivity index (χ1v) is 24.9. The summed E-state index contributed by atoms with van der Waals surface area (Å²) in [5.74, 6) is 2.57. The van der Waals surface area contributed by atoms with Crippen LogP contribution in [0.1, 0.15) is 90.2 Å². The van der Waals surface area contributed by atoms with Gasteiger partial charge in [0.2, 0.25) is 17.3 Å². The van der Waals surface area contributed by atoms with Gasteiger partial charge in [0.05, 0.1) is 23.9 Å². The molecular formula is C51H62N7O7Si. The first kappa shape index (κ1) is 46.7. The van der Waals surface area contributed by atoms with E-state index in [0.29, 0.717) is 25.9 Å². The number of hydrogen-bond donors (Lipinski definition) is 2. The second-order valence-corrected chi connectivity index (χ2v) is 21.3. The minimum atomic E-state index is -2.47. The summed E-state index contributed by atoms with van der Waals surface area (Å²) in [6.07, 6.45) is 2.39. The molecule has 2 saturated heterocycles. The molecule has 0 saturated carbocycles. The molecule has 2 N–H and O–H groups in total. The number of likely N-dealkylation sites (N-methyl/N-ethyl adjacent to an activating group) is 1. The van der Waals surface area contributed by atoms with Gasteiger partial charge in [-0.05, 0) is 97.0 Å². The van der Waals surface area contributed by atoms with Crippen molar-refractivity contribution in [1.82, 2.24) is 34.8 Å². The maximum atomic E-state index is 14.8. The molecular weight excluding hydrogens is 851 g/mol. The van der Waals surface area contributed by atoms with E-state index in [4.69, 9.17) is 14.5 Å². The number of benzene rings is 2. The average Bonchev–Trinajstić information content (AvgIpc) is 3.86. The minimum absolute atomic E-state index is 0.0827. The molecule has 4 aromatic rings. The van der Waals surface area contributed by atoms with E-state index in [2.05, 4.69) is 84.0 Å². The second kappa shape index (κ2) is 18.8. The molecule has 1 unspecified atom stereocenters. The number of fused-ring (bicyclic) bond motifs is 8. The van der Waals surface area contributed by atoms with Crippen LogP contribution in [-0.2, 0) is 41.2 Å². The maximum Gasteiger partial charge on any atom is 0.324 e. The molecule has 15 heteroatoms. The van der Waals surface area contributed by atoms with E-state index < -0.39 is 50.4 Å². The highest BCUT2D eigenvalue weighted by Gasteiger charge is 2.48. The monoisotopic (exact) mass is 912 g/mol. The SMILES string of the molecule is CC#CC(=O)N1C[C@H](C)[C@H](C(=O)N(C)[C@H](C(=O)N[Si]2Cc3cccc(c3)-c3ccc4c(c3)c3c(n4CC)-c4cccnc4[C@@H](OC)C3C(C)(C)COC(=O)[C@@H]3CCCN(N3)C2=O)C(C)C)C1. The third-order valence-electron chi connectivity index (χ3n) is 14.1. The van der Waals surface area contributed by atoms with Crippen LogP contribution in [0.15, 0.2) is 60.8 Å². The van der Waals surface area contributed by atoms with E-state index >= 15 is 0 Å². The van der Waals surface area contributed by atoms with E-state index in [-0.39, 0.29) is 54.3 Å². The molecule has 2 fully saturated rings. The highest BCUT2D eigenvalue weighted by Crippen LogP contribution is 2.57. The van der Waals surface area contributed by atoms with Crippen LogP contribution >= 0.6 is 0 Å². The van der Waals surface area contributed by atoms with Gasteiger partial charge >= 0.3 is 5.97 Å². The number of methoxy groups -OCH3 is 1. The van der Waals surface area contributed by atoms with Gasteiger partial charge < -0.3 is 28.8 Å². The number of cyclic esters (lactones) is 1. The fraction of sp³-hybridized carbons (Fsp3) is 0.490. The average molecular weight is 913 g/mol. The standard InChI is InChI=1S/C51H62N7O7Si/c1-10-15-40(59)56-26-31(5)37(27-56)48(61)55(8)44(30(3)4)47(60)54-66-28-32-16-12-17-33(24-32)34-20-21-39-36(25-34)41-42(46(64-9)43-35(18-13-22-52-43)45(41)57(39)11-2)51(6,7)29-65-49(62)38-19-14-23-58(53-38)50(66)63/h12-13,16-18,20-22,24-25,30-31,37-38,42,44,46,53H,11,14,19,23,26-29H2,1-9H3,(H,54,60)/t31-,37+,38-,42?,44-,46-/m0/s1. The van der Waals surface area contributed by atoms with Gasteiger partial charge in [-0.25, -0.2) is 5.43 Å². The Balaban J connectivity index is 1.18. The summed E-state index contributed by atoms with van der Waals surface area (Å²) in [7, 11) is 0.870. The fourth-order valence-corrected chi connectivity index (χ4v) is 12.8. The summed E-state index contributed by atoms with van der Waals surface area (Å²) in [4.78, 5) is 81.5. The number of aromatic nitrogens is 2. The number of aryl methyl sites for hydroxylation is 1. The molecule has 14 nitrogen and oxygen atoms in total. The summed E-state index contributed by atoms with van der Waals surface area (Å²) in [5.41, 5.74) is 10.2. The Bertz CT molecular complexity index is 2630. The molecule has 3 aliphatic heterocycles. The zero-order valence-electron chi connectivity index (χ0n) is 39.6. The van der Waals surface area contributed by atoms with Crippen molar-refractivity contribution in [3.63, 3.8) is 0 Å². The first-order valence-electron chi connectivity index (χ1n) is 23.2. The van der Waals surface area contributed by atoms with Crippen LogP contribution in [-0.4, -0.2) is 115 Å². The number of esters is 1. The van der Waals surface area contributed by atoms with E-state index in [9.17, 15) is 24.0 Å². The molecule has 1 aliphatic carbocycles. The van der Waals surface area contributed by atoms with Crippen LogP contribution in [0.25, 0.3) is 33.3 Å². The van der Waals surface area contributed by atoms with Crippen LogP contribution < -0.4 is 10.4 Å². The van der Waals surface area contributed by atoms with Crippen molar-refractivity contribution < 1.29 is 33.4 Å². The first-order chi connectivity index (χ1) is 31.6. The van der Waals surface area contributed by atoms with Crippen molar-refractivity contribution in [2.45, 2.75) is 98.0 Å². The lowest BCUT2D eigenvalue weighted by Crippen LogP contribution is -2.64. The van der Waals surface area contributed by atoms with Gasteiger partial charge in [-0.1, -0.05) is 70.9 Å². The fourth-order valence-electron chi connectivity index (χ4n) is 10.8. The zero-order valence-corrected chi connectivity index (χ0v) is 40.6. The molecule has 347 valence electrons. The Labute approximate surface area is 389 Å². The number of amides is 4. The predicted molar refractivity (Wildman–Crippen MR) is 253 cm³/mol. The quantitative estimate of drug-likeness (QED) is 0.125. The molecule has 66 heavy (non-hydrogen) atoms. The number of pyridine rings is 1. The minimum Gasteiger partial charge on any atom is -0.464 e. The van der Waals surface area contributed by atoms with E-state index in [1.165, 1.54) is 9.91 Å². The Morgan fingerprint density at radius 2 is 1.86 bits per heavy atom. The molecule has 5 heterocycles. The van der Waals surface area contributed by atoms with E-state index in [0.717, 1.165) is 56.7 Å². The van der Waals surface area contributed by atoms with E-state index in [1.807, 2.05) is 39.0 Å². The van der Waals surface area contributed by atoms with Crippen LogP contribution in [0.4, 0.5) is 4.79 Å². The molecule has 6 bridgehead atoms. The van der Waals surface area contributed by atoms with Crippen LogP contribution in [0.2, 0.25) is 0 Å². The van der Waals surface area contributed by atoms with Crippen molar-refractivity contribution in [2.75, 3.05) is 40.4 Å². The molecule has 6 atom stereocenters. The number of carbonyl (C=O) groups excluding carboxylic acids is 5. The molecule has 4 amide bonds. The number of rotatable bonds is 7. The molecule has 4 aliphatic rings. The van der Waals surface area contributed by atoms with Crippen LogP contribution in [0.3, 0.4) is 0 Å². The predicted octanol–water partition coefficient (Wildman–Crippen LogP) is 6.22. The lowest BCUT2D eigenvalue weighted by atomic mass is 9.67. The number of hydrazine groups is 1. The summed E-state index contributed by atoms with van der Waals surface area (Å²) >= 11 is 0. The second-order valence-electron chi connectivity index (χ2n) is 19.3. The smallest absolute Gasteiger partial charge is 0.324 e. The van der Waals surface area contributed by atoms with Crippen molar-refractivity contribution in [1.29, 1.82) is 0 Å². The lowest BCUT2D eigenvalue weighted by Gasteiger charge is -2.42. The highest BCUT2D eigenvalue weighted by molar-refractivity contribution is 6.88. The van der Waals surface area contributed by atoms with Crippen LogP contribution in [0, 0.1) is 35.0 Å². The number of likely N-dealkylation sites (tertiary alicyclic amines) is 1. The normalized spacial score (nSPS) is 23.3. The largest absolute Gasteiger partial charge is 0.464 e. The number of hydrogen-bond acceptors (Lipinski definition) is 9. The maximum absolute atomic E-state index is 14.8. The Morgan fingerprint density at radius 1 is 1.09 bits per heavy atom. The number of carbonyl (C=O) groups is 5. The van der Waals surface area contributed by atoms with Crippen molar-refractivity contribution in [3.8, 4) is 34.2 Å².